The van der Waals surface area contributed by atoms with Crippen LogP contribution >= 0.6 is 11.8 Å². The third kappa shape index (κ3) is 6.66. The number of hydrogen-bond acceptors (Lipinski definition) is 7. The van der Waals surface area contributed by atoms with Gasteiger partial charge in [0.05, 0.1) is 22.3 Å². The number of nitrogens with one attached hydrogen (secondary N) is 1. The Morgan fingerprint density at radius 3 is 2.61 bits per heavy atom. The van der Waals surface area contributed by atoms with Gasteiger partial charge in [-0.3, -0.25) is 14.9 Å². The first kappa shape index (κ1) is 27.5. The fourth-order valence-corrected chi connectivity index (χ4v) is 5.96. The van der Waals surface area contributed by atoms with Crippen molar-refractivity contribution in [2.24, 2.45) is 0 Å². The van der Waals surface area contributed by atoms with Crippen molar-refractivity contribution < 1.29 is 19.6 Å². The number of carboxylic acid groups (broad SMARTS) is 1. The Morgan fingerprint density at radius 2 is 1.92 bits per heavy atom. The summed E-state index contributed by atoms with van der Waals surface area (Å²) in [6.07, 6.45) is 5.28. The van der Waals surface area contributed by atoms with E-state index in [2.05, 4.69) is 55.0 Å². The minimum Gasteiger partial charge on any atom is -0.490 e. The van der Waals surface area contributed by atoms with E-state index < -0.39 is 4.92 Å². The zero-order valence-corrected chi connectivity index (χ0v) is 22.7. The fourth-order valence-electron chi connectivity index (χ4n) is 4.94. The number of nitro benzene ring substituents is 1. The van der Waals surface area contributed by atoms with Crippen LogP contribution in [0.1, 0.15) is 63.6 Å². The van der Waals surface area contributed by atoms with Crippen molar-refractivity contribution >= 4 is 35.4 Å². The topological polar surface area (TPSA) is 120 Å². The van der Waals surface area contributed by atoms with E-state index in [-0.39, 0.29) is 23.8 Å². The van der Waals surface area contributed by atoms with Crippen LogP contribution < -0.4 is 10.1 Å². The second-order valence-electron chi connectivity index (χ2n) is 10.5. The normalized spacial score (nSPS) is 18.6. The first-order valence-corrected chi connectivity index (χ1v) is 13.8. The first-order chi connectivity index (χ1) is 18.2. The lowest BCUT2D eigenvalue weighted by Crippen LogP contribution is -2.24. The lowest BCUT2D eigenvalue weighted by atomic mass is 10.0. The monoisotopic (exact) mass is 538 g/mol. The molecule has 2 atom stereocenters. The number of rotatable bonds is 6. The average Bonchev–Trinajstić information content (AvgIpc) is 3.52. The lowest BCUT2D eigenvalue weighted by Gasteiger charge is -2.23. The molecule has 1 aliphatic heterocycles. The number of fused-ring (bicyclic) bond motifs is 1. The van der Waals surface area contributed by atoms with E-state index in [1.807, 2.05) is 11.8 Å². The number of non-ortho nitro benzene ring substituents is 1. The van der Waals surface area contributed by atoms with Crippen LogP contribution in [0.3, 0.4) is 0 Å². The highest BCUT2D eigenvalue weighted by Crippen LogP contribution is 2.39. The predicted octanol–water partition coefficient (Wildman–Crippen LogP) is 6.74. The summed E-state index contributed by atoms with van der Waals surface area (Å²) >= 11 is 1.95. The molecule has 1 saturated carbocycles. The summed E-state index contributed by atoms with van der Waals surface area (Å²) in [5.41, 5.74) is 3.54. The number of ether oxygens (including phenoxy) is 1. The number of carbonyl (C=O) groups is 1. The molecule has 0 amide bonds. The minimum atomic E-state index is -0.393. The summed E-state index contributed by atoms with van der Waals surface area (Å²) in [5, 5.41) is 26.5. The van der Waals surface area contributed by atoms with Crippen LogP contribution in [-0.4, -0.2) is 38.1 Å². The molecule has 2 heterocycles. The summed E-state index contributed by atoms with van der Waals surface area (Å²) < 4.78 is 8.24. The van der Waals surface area contributed by atoms with Gasteiger partial charge >= 0.3 is 0 Å². The zero-order valence-electron chi connectivity index (χ0n) is 21.9. The highest BCUT2D eigenvalue weighted by molar-refractivity contribution is 7.99. The van der Waals surface area contributed by atoms with Crippen molar-refractivity contribution in [3.8, 4) is 5.75 Å². The predicted molar refractivity (Wildman–Crippen MR) is 149 cm³/mol. The van der Waals surface area contributed by atoms with Crippen LogP contribution in [0.25, 0.3) is 0 Å². The molecule has 3 aromatic rings. The van der Waals surface area contributed by atoms with E-state index in [1.165, 1.54) is 34.8 Å². The van der Waals surface area contributed by atoms with Gasteiger partial charge in [-0.1, -0.05) is 0 Å². The Morgan fingerprint density at radius 1 is 1.18 bits per heavy atom. The van der Waals surface area contributed by atoms with Gasteiger partial charge in [-0.05, 0) is 94.5 Å². The first-order valence-electron chi connectivity index (χ1n) is 12.8. The molecule has 2 unspecified atom stereocenters. The van der Waals surface area contributed by atoms with Crippen LogP contribution in [0, 0.1) is 10.1 Å². The van der Waals surface area contributed by atoms with Crippen molar-refractivity contribution in [1.29, 1.82) is 0 Å². The van der Waals surface area contributed by atoms with Gasteiger partial charge < -0.3 is 15.2 Å². The molecule has 2 aromatic carbocycles. The average molecular weight is 539 g/mol. The van der Waals surface area contributed by atoms with Gasteiger partial charge in [0.15, 0.2) is 0 Å². The van der Waals surface area contributed by atoms with Crippen molar-refractivity contribution in [1.82, 2.24) is 9.78 Å². The van der Waals surface area contributed by atoms with Gasteiger partial charge in [0.2, 0.25) is 0 Å². The summed E-state index contributed by atoms with van der Waals surface area (Å²) in [7, 11) is 0. The van der Waals surface area contributed by atoms with E-state index in [9.17, 15) is 10.1 Å². The highest BCUT2D eigenvalue weighted by atomic mass is 32.2. The Hall–Kier alpha value is -3.53. The number of benzene rings is 2. The van der Waals surface area contributed by atoms with E-state index >= 15 is 0 Å². The number of anilines is 2. The number of aromatic nitrogens is 2. The number of nitro groups is 1. The zero-order chi connectivity index (χ0) is 27.3. The van der Waals surface area contributed by atoms with Gasteiger partial charge in [0.25, 0.3) is 12.2 Å². The molecule has 2 aliphatic rings. The largest absolute Gasteiger partial charge is 0.490 e. The van der Waals surface area contributed by atoms with Gasteiger partial charge in [-0.25, -0.2) is 4.68 Å². The second-order valence-corrected chi connectivity index (χ2v) is 11.7. The van der Waals surface area contributed by atoms with Crippen LogP contribution in [0.5, 0.6) is 5.75 Å². The smallest absolute Gasteiger partial charge is 0.290 e. The number of aryl methyl sites for hydroxylation is 1. The standard InChI is InChI=1S/C27H32N4O3S.CH2O2/c1-27(2,3)30-26(28-20-7-13-25-19(15-20)5-4-14-35-25)17-24(29-30)18-6-10-23(16-18)34-22-11-8-21(9-12-22)31(32)33;2-1-3/h7-9,11-13,15,17-18,23,28H,4-6,10,14,16H2,1-3H3;1H,(H,2,3). The van der Waals surface area contributed by atoms with Crippen LogP contribution in [0.15, 0.2) is 53.4 Å². The summed E-state index contributed by atoms with van der Waals surface area (Å²) in [5.74, 6) is 3.21. The third-order valence-corrected chi connectivity index (χ3v) is 7.90. The van der Waals surface area contributed by atoms with E-state index in [1.54, 1.807) is 12.1 Å². The number of hydrogen-bond donors (Lipinski definition) is 2. The van der Waals surface area contributed by atoms with E-state index in [0.29, 0.717) is 11.7 Å². The second kappa shape index (κ2) is 11.9. The van der Waals surface area contributed by atoms with Gasteiger partial charge in [-0.15, -0.1) is 11.8 Å². The van der Waals surface area contributed by atoms with Crippen LogP contribution in [-0.2, 0) is 16.8 Å². The molecule has 1 aromatic heterocycles. The van der Waals surface area contributed by atoms with Crippen LogP contribution in [0.4, 0.5) is 17.2 Å². The molecule has 202 valence electrons. The lowest BCUT2D eigenvalue weighted by molar-refractivity contribution is -0.384. The highest BCUT2D eigenvalue weighted by Gasteiger charge is 2.31. The Balaban J connectivity index is 0.00000107. The van der Waals surface area contributed by atoms with Crippen molar-refractivity contribution in [3.63, 3.8) is 0 Å². The van der Waals surface area contributed by atoms with Crippen molar-refractivity contribution in [2.45, 2.75) is 75.3 Å². The van der Waals surface area contributed by atoms with Crippen molar-refractivity contribution in [2.75, 3.05) is 11.1 Å². The molecule has 9 nitrogen and oxygen atoms in total. The van der Waals surface area contributed by atoms with Crippen LogP contribution in [0.2, 0.25) is 0 Å². The van der Waals surface area contributed by atoms with Crippen molar-refractivity contribution in [3.05, 3.63) is 69.9 Å². The molecule has 0 bridgehead atoms. The third-order valence-electron chi connectivity index (χ3n) is 6.70. The summed E-state index contributed by atoms with van der Waals surface area (Å²) in [6, 6.07) is 15.2. The Bertz CT molecular complexity index is 1270. The van der Waals surface area contributed by atoms with E-state index in [0.717, 1.165) is 42.9 Å². The summed E-state index contributed by atoms with van der Waals surface area (Å²) in [4.78, 5) is 20.3. The summed E-state index contributed by atoms with van der Waals surface area (Å²) in [6.45, 7) is 6.27. The SMILES string of the molecule is CC(C)(C)n1nc(C2CCC(Oc3ccc([N+](=O)[O-])cc3)C2)cc1Nc1ccc2c(c1)CCCS2.O=CO. The molecule has 1 fully saturated rings. The quantitative estimate of drug-likeness (QED) is 0.201. The molecule has 0 spiro atoms. The maximum Gasteiger partial charge on any atom is 0.290 e. The number of thioether (sulfide) groups is 1. The molecular weight excluding hydrogens is 504 g/mol. The molecule has 5 rings (SSSR count). The fraction of sp³-hybridized carbons (Fsp3) is 0.429. The van der Waals surface area contributed by atoms with Gasteiger partial charge in [0, 0.05) is 34.7 Å². The molecule has 10 heteroatoms. The molecule has 1 aliphatic carbocycles. The molecule has 0 radical (unpaired) electrons. The maximum absolute atomic E-state index is 10.9. The Labute approximate surface area is 226 Å². The molecule has 0 saturated heterocycles. The minimum absolute atomic E-state index is 0.0760. The molecule has 38 heavy (non-hydrogen) atoms. The van der Waals surface area contributed by atoms with E-state index in [4.69, 9.17) is 19.7 Å². The number of nitrogens with zero attached hydrogens (tertiary/aromatic N) is 3. The van der Waals surface area contributed by atoms with Gasteiger partial charge in [-0.2, -0.15) is 5.10 Å². The Kier molecular flexibility index (Phi) is 8.61. The maximum atomic E-state index is 10.9. The van der Waals surface area contributed by atoms with Gasteiger partial charge in [0.1, 0.15) is 11.6 Å². The molecular formula is C28H34N4O5S. The molecule has 2 N–H and O–H groups in total.